The minimum absolute atomic E-state index is 0.195. The quantitative estimate of drug-likeness (QED) is 0.127. The molecule has 2 aliphatic heterocycles. The Kier molecular flexibility index (Phi) is 12.4. The summed E-state index contributed by atoms with van der Waals surface area (Å²) >= 11 is 0. The number of aromatic nitrogens is 2. The zero-order valence-corrected chi connectivity index (χ0v) is 31.5. The smallest absolute Gasteiger partial charge is 0.208 e. The van der Waals surface area contributed by atoms with E-state index >= 15 is 0 Å². The van der Waals surface area contributed by atoms with E-state index in [1.54, 1.807) is 7.11 Å². The Morgan fingerprint density at radius 2 is 1.77 bits per heavy atom. The highest BCUT2D eigenvalue weighted by molar-refractivity contribution is 5.82. The number of fused-ring (bicyclic) bond motifs is 1. The van der Waals surface area contributed by atoms with Crippen molar-refractivity contribution in [2.75, 3.05) is 25.5 Å². The van der Waals surface area contributed by atoms with Crippen molar-refractivity contribution in [3.8, 4) is 0 Å². The fourth-order valence-electron chi connectivity index (χ4n) is 5.96. The van der Waals surface area contributed by atoms with Crippen LogP contribution < -0.4 is 16.0 Å². The molecule has 2 aliphatic rings. The molecular weight excluding hydrogens is 592 g/mol. The Morgan fingerprint density at radius 3 is 2.38 bits per heavy atom. The molecule has 262 valence electrons. The Bertz CT molecular complexity index is 1570. The van der Waals surface area contributed by atoms with Crippen LogP contribution in [0.1, 0.15) is 91.3 Å². The molecule has 2 saturated heterocycles. The standard InChI is InChI=1S/C38H54N6O.C3H8/c1-25-13-16-30(17-14-25)26(2)41-36-42-33-20-29(22-39-28(4)37(5,6)7)15-18-35(33)44(36)24-31-12-11-19-43(31)27(3)32(34-23-40-34)21-38(8,9)45-10;1-3-2/h13-18,20-21,28,31,34,39-40H,2-3,11-12,19,22-24H2,1,4-10H3,(H,41,42);3H2,1-2H3/b32-21-;/t28-,31?,34?;/m0./s1. The zero-order chi connectivity index (χ0) is 35.2. The number of nitrogens with one attached hydrogen (secondary N) is 3. The minimum Gasteiger partial charge on any atom is -0.375 e. The van der Waals surface area contributed by atoms with E-state index in [0.29, 0.717) is 18.1 Å². The van der Waals surface area contributed by atoms with Crippen LogP contribution in [0.5, 0.6) is 0 Å². The molecule has 0 amide bonds. The summed E-state index contributed by atoms with van der Waals surface area (Å²) in [5, 5.41) is 10.8. The maximum atomic E-state index is 5.77. The molecule has 2 unspecified atom stereocenters. The number of hydrogen-bond donors (Lipinski definition) is 3. The number of methoxy groups -OCH3 is 1. The van der Waals surface area contributed by atoms with Crippen LogP contribution in [0.3, 0.4) is 0 Å². The lowest BCUT2D eigenvalue weighted by Gasteiger charge is -2.32. The molecule has 3 aromatic rings. The summed E-state index contributed by atoms with van der Waals surface area (Å²) in [6.07, 6.45) is 5.73. The van der Waals surface area contributed by atoms with Crippen molar-refractivity contribution in [2.24, 2.45) is 5.41 Å². The topological polar surface area (TPSA) is 76.3 Å². The van der Waals surface area contributed by atoms with Crippen molar-refractivity contribution in [1.82, 2.24) is 25.1 Å². The summed E-state index contributed by atoms with van der Waals surface area (Å²) in [5.74, 6) is 0.821. The largest absolute Gasteiger partial charge is 0.375 e. The van der Waals surface area contributed by atoms with E-state index in [-0.39, 0.29) is 11.0 Å². The van der Waals surface area contributed by atoms with E-state index in [0.717, 1.165) is 73.0 Å². The molecule has 0 aliphatic carbocycles. The van der Waals surface area contributed by atoms with Crippen molar-refractivity contribution >= 4 is 22.7 Å². The molecule has 5 rings (SSSR count). The highest BCUT2D eigenvalue weighted by atomic mass is 16.5. The van der Waals surface area contributed by atoms with Gasteiger partial charge in [0.05, 0.1) is 16.6 Å². The maximum absolute atomic E-state index is 5.77. The number of hydrogen-bond acceptors (Lipinski definition) is 6. The average molecular weight is 655 g/mol. The van der Waals surface area contributed by atoms with Crippen molar-refractivity contribution in [3.05, 3.63) is 89.7 Å². The van der Waals surface area contributed by atoms with Crippen LogP contribution in [0, 0.1) is 12.3 Å². The maximum Gasteiger partial charge on any atom is 0.208 e. The Morgan fingerprint density at radius 1 is 1.10 bits per heavy atom. The SMILES string of the molecule is C=C(Nc1nc2cc(CN[C@@H](C)C(C)(C)C)ccc2n1CC1CCCN1C(=C)/C(=C/C(C)(C)OC)C1CN1)c1ccc(C)cc1.CCC. The summed E-state index contributed by atoms with van der Waals surface area (Å²) in [7, 11) is 1.77. The van der Waals surface area contributed by atoms with Gasteiger partial charge in [-0.15, -0.1) is 0 Å². The number of anilines is 1. The lowest BCUT2D eigenvalue weighted by atomic mass is 9.88. The van der Waals surface area contributed by atoms with Gasteiger partial charge in [-0.1, -0.05) is 90.1 Å². The lowest BCUT2D eigenvalue weighted by molar-refractivity contribution is 0.0646. The molecule has 3 atom stereocenters. The van der Waals surface area contributed by atoms with Gasteiger partial charge in [-0.3, -0.25) is 0 Å². The molecule has 2 fully saturated rings. The highest BCUT2D eigenvalue weighted by Gasteiger charge is 2.35. The Hall–Kier alpha value is -3.39. The molecule has 3 N–H and O–H groups in total. The Labute approximate surface area is 290 Å². The van der Waals surface area contributed by atoms with Gasteiger partial charge in [0.25, 0.3) is 0 Å². The van der Waals surface area contributed by atoms with Gasteiger partial charge in [-0.05, 0) is 80.9 Å². The molecule has 0 spiro atoms. The summed E-state index contributed by atoms with van der Waals surface area (Å²) in [5.41, 5.74) is 8.66. The first-order valence-corrected chi connectivity index (χ1v) is 17.9. The Balaban J connectivity index is 0.00000167. The molecule has 3 heterocycles. The zero-order valence-electron chi connectivity index (χ0n) is 31.5. The van der Waals surface area contributed by atoms with Crippen molar-refractivity contribution < 1.29 is 4.74 Å². The van der Waals surface area contributed by atoms with Crippen LogP contribution in [0.25, 0.3) is 16.7 Å². The van der Waals surface area contributed by atoms with Crippen LogP contribution >= 0.6 is 0 Å². The van der Waals surface area contributed by atoms with Crippen LogP contribution in [-0.4, -0.2) is 58.4 Å². The van der Waals surface area contributed by atoms with Gasteiger partial charge in [0.2, 0.25) is 5.95 Å². The van der Waals surface area contributed by atoms with Crippen LogP contribution in [-0.2, 0) is 17.8 Å². The molecule has 0 saturated carbocycles. The third-order valence-corrected chi connectivity index (χ3v) is 9.65. The number of likely N-dealkylation sites (tertiary alicyclic amines) is 1. The second-order valence-corrected chi connectivity index (χ2v) is 15.3. The molecule has 0 bridgehead atoms. The van der Waals surface area contributed by atoms with Gasteiger partial charge in [0.1, 0.15) is 0 Å². The van der Waals surface area contributed by atoms with Gasteiger partial charge < -0.3 is 30.2 Å². The number of aryl methyl sites for hydroxylation is 1. The number of imidazole rings is 1. The number of rotatable bonds is 13. The van der Waals surface area contributed by atoms with Crippen LogP contribution in [0.15, 0.2) is 73.0 Å². The average Bonchev–Trinajstić information content (AvgIpc) is 3.69. The van der Waals surface area contributed by atoms with Crippen molar-refractivity contribution in [1.29, 1.82) is 0 Å². The number of benzene rings is 2. The second kappa shape index (κ2) is 15.9. The third kappa shape index (κ3) is 9.61. The van der Waals surface area contributed by atoms with Crippen molar-refractivity contribution in [3.63, 3.8) is 0 Å². The predicted molar refractivity (Wildman–Crippen MR) is 205 cm³/mol. The molecule has 7 heteroatoms. The van der Waals surface area contributed by atoms with E-state index in [1.807, 2.05) is 0 Å². The van der Waals surface area contributed by atoms with Gasteiger partial charge in [-0.2, -0.15) is 0 Å². The molecule has 1 aromatic heterocycles. The minimum atomic E-state index is -0.358. The third-order valence-electron chi connectivity index (χ3n) is 9.65. The normalized spacial score (nSPS) is 18.8. The monoisotopic (exact) mass is 654 g/mol. The number of ether oxygens (including phenoxy) is 1. The molecule has 0 radical (unpaired) electrons. The fraction of sp³-hybridized carbons (Fsp3) is 0.537. The summed E-state index contributed by atoms with van der Waals surface area (Å²) in [6.45, 7) is 32.2. The molecule has 2 aromatic carbocycles. The van der Waals surface area contributed by atoms with Gasteiger partial charge >= 0.3 is 0 Å². The van der Waals surface area contributed by atoms with Gasteiger partial charge in [-0.25, -0.2) is 4.98 Å². The first kappa shape index (κ1) is 37.4. The van der Waals surface area contributed by atoms with E-state index in [9.17, 15) is 0 Å². The van der Waals surface area contributed by atoms with Crippen LogP contribution in [0.4, 0.5) is 5.95 Å². The van der Waals surface area contributed by atoms with Crippen LogP contribution in [0.2, 0.25) is 0 Å². The van der Waals surface area contributed by atoms with E-state index in [1.165, 1.54) is 23.1 Å². The first-order valence-electron chi connectivity index (χ1n) is 17.9. The summed E-state index contributed by atoms with van der Waals surface area (Å²) in [6, 6.07) is 16.2. The fourth-order valence-corrected chi connectivity index (χ4v) is 5.96. The van der Waals surface area contributed by atoms with Crippen molar-refractivity contribution in [2.45, 2.75) is 118 Å². The van der Waals surface area contributed by atoms with Gasteiger partial charge in [0, 0.05) is 62.8 Å². The predicted octanol–water partition coefficient (Wildman–Crippen LogP) is 8.67. The van der Waals surface area contributed by atoms with E-state index in [2.05, 4.69) is 149 Å². The lowest BCUT2D eigenvalue weighted by Crippen LogP contribution is -2.37. The molecule has 48 heavy (non-hydrogen) atoms. The molecule has 7 nitrogen and oxygen atoms in total. The highest BCUT2D eigenvalue weighted by Crippen LogP contribution is 2.34. The number of nitrogens with zero attached hydrogens (tertiary/aromatic N) is 3. The summed E-state index contributed by atoms with van der Waals surface area (Å²) < 4.78 is 8.12. The second-order valence-electron chi connectivity index (χ2n) is 15.3. The van der Waals surface area contributed by atoms with Gasteiger partial charge in [0.15, 0.2) is 0 Å². The van der Waals surface area contributed by atoms with E-state index in [4.69, 9.17) is 9.72 Å². The summed E-state index contributed by atoms with van der Waals surface area (Å²) in [4.78, 5) is 7.67. The first-order chi connectivity index (χ1) is 22.7. The van der Waals surface area contributed by atoms with E-state index < -0.39 is 0 Å². The molecular formula is C41H62N6O.